The largest absolute Gasteiger partial charge is 0.548 e. The van der Waals surface area contributed by atoms with Crippen molar-refractivity contribution in [3.63, 3.8) is 0 Å². The second kappa shape index (κ2) is 4.56. The fourth-order valence-electron chi connectivity index (χ4n) is 2.68. The Labute approximate surface area is 113 Å². The van der Waals surface area contributed by atoms with Crippen molar-refractivity contribution in [2.75, 3.05) is 0 Å². The van der Waals surface area contributed by atoms with Crippen LogP contribution in [0.15, 0.2) is 23.7 Å². The van der Waals surface area contributed by atoms with Crippen molar-refractivity contribution in [2.45, 2.75) is 52.1 Å². The lowest BCUT2D eigenvalue weighted by Crippen LogP contribution is -2.25. The maximum atomic E-state index is 6.11. The summed E-state index contributed by atoms with van der Waals surface area (Å²) in [6, 6.07) is 0. The molecule has 0 radical (unpaired) electrons. The van der Waals surface area contributed by atoms with Crippen molar-refractivity contribution in [1.29, 1.82) is 0 Å². The molecule has 0 saturated heterocycles. The summed E-state index contributed by atoms with van der Waals surface area (Å²) in [6.45, 7) is 13.5. The number of fused-ring (bicyclic) bond motifs is 1. The van der Waals surface area contributed by atoms with Gasteiger partial charge in [-0.25, -0.2) is 0 Å². The smallest absolute Gasteiger partial charge is 0.241 e. The first-order chi connectivity index (χ1) is 8.12. The van der Waals surface area contributed by atoms with E-state index in [0.29, 0.717) is 11.8 Å². The SMILES string of the molecule is C[Si](C)(C)OC1=C[C@@H]2CC(O[Si](C)(C)C)=C[C@@H]2C1. The van der Waals surface area contributed by atoms with E-state index in [1.165, 1.54) is 11.5 Å². The third-order valence-electron chi connectivity index (χ3n) is 3.10. The minimum Gasteiger partial charge on any atom is -0.548 e. The van der Waals surface area contributed by atoms with Crippen LogP contribution in [0.4, 0.5) is 0 Å². The third kappa shape index (κ3) is 3.75. The van der Waals surface area contributed by atoms with Crippen LogP contribution in [0.5, 0.6) is 0 Å². The Morgan fingerprint density at radius 1 is 0.778 bits per heavy atom. The van der Waals surface area contributed by atoms with E-state index in [0.717, 1.165) is 12.8 Å². The Bertz CT molecular complexity index is 348. The lowest BCUT2D eigenvalue weighted by Gasteiger charge is -2.21. The zero-order valence-electron chi connectivity index (χ0n) is 12.5. The van der Waals surface area contributed by atoms with Crippen LogP contribution in [0.3, 0.4) is 0 Å². The molecule has 0 aromatic heterocycles. The highest BCUT2D eigenvalue weighted by Gasteiger charge is 2.35. The molecule has 2 atom stereocenters. The zero-order valence-corrected chi connectivity index (χ0v) is 14.5. The van der Waals surface area contributed by atoms with Gasteiger partial charge in [-0.05, 0) is 63.3 Å². The minimum atomic E-state index is -1.44. The maximum absolute atomic E-state index is 6.11. The first kappa shape index (κ1) is 13.9. The molecule has 0 heterocycles. The molecule has 0 aliphatic heterocycles. The van der Waals surface area contributed by atoms with Crippen LogP contribution in [0.2, 0.25) is 39.3 Å². The van der Waals surface area contributed by atoms with Gasteiger partial charge in [0.2, 0.25) is 16.6 Å². The van der Waals surface area contributed by atoms with Gasteiger partial charge in [-0.2, -0.15) is 0 Å². The quantitative estimate of drug-likeness (QED) is 0.707. The molecule has 0 fully saturated rings. The van der Waals surface area contributed by atoms with Crippen LogP contribution in [0, 0.1) is 11.8 Å². The van der Waals surface area contributed by atoms with Crippen molar-refractivity contribution in [1.82, 2.24) is 0 Å². The highest BCUT2D eigenvalue weighted by atomic mass is 28.4. The van der Waals surface area contributed by atoms with Gasteiger partial charge in [-0.15, -0.1) is 0 Å². The van der Waals surface area contributed by atoms with E-state index in [4.69, 9.17) is 8.85 Å². The average Bonchev–Trinajstić information content (AvgIpc) is 2.53. The van der Waals surface area contributed by atoms with Gasteiger partial charge in [0.15, 0.2) is 0 Å². The molecule has 0 unspecified atom stereocenters. The molecule has 2 aliphatic carbocycles. The lowest BCUT2D eigenvalue weighted by atomic mass is 10.00. The predicted molar refractivity (Wildman–Crippen MR) is 81.2 cm³/mol. The molecule has 0 aromatic rings. The van der Waals surface area contributed by atoms with Gasteiger partial charge in [-0.1, -0.05) is 0 Å². The van der Waals surface area contributed by atoms with E-state index in [1.54, 1.807) is 0 Å². The molecular formula is C14H26O2Si2. The number of allylic oxidation sites excluding steroid dienone is 4. The molecular weight excluding hydrogens is 256 g/mol. The minimum absolute atomic E-state index is 0.627. The standard InChI is InChI=1S/C14H26O2Si2/c1-17(2,3)15-13-7-11-9-14(10-12(11)8-13)16-18(4,5)6/h7,10-12H,8-9H2,1-6H3/t11-,12+/m1/s1. The number of hydrogen-bond donors (Lipinski definition) is 0. The molecule has 0 aromatic carbocycles. The van der Waals surface area contributed by atoms with E-state index in [2.05, 4.69) is 51.4 Å². The molecule has 0 spiro atoms. The fraction of sp³-hybridized carbons (Fsp3) is 0.714. The normalized spacial score (nSPS) is 27.7. The molecule has 2 nitrogen and oxygen atoms in total. The second-order valence-corrected chi connectivity index (χ2v) is 16.3. The monoisotopic (exact) mass is 282 g/mol. The third-order valence-corrected chi connectivity index (χ3v) is 4.85. The molecule has 2 aliphatic rings. The second-order valence-electron chi connectivity index (χ2n) is 7.43. The van der Waals surface area contributed by atoms with E-state index in [-0.39, 0.29) is 0 Å². The molecule has 18 heavy (non-hydrogen) atoms. The summed E-state index contributed by atoms with van der Waals surface area (Å²) in [5.74, 6) is 3.71. The lowest BCUT2D eigenvalue weighted by molar-refractivity contribution is 0.393. The fourth-order valence-corrected chi connectivity index (χ4v) is 4.56. The van der Waals surface area contributed by atoms with Crippen LogP contribution in [-0.4, -0.2) is 16.6 Å². The zero-order chi connectivity index (χ0) is 13.6. The Morgan fingerprint density at radius 3 is 1.39 bits per heavy atom. The topological polar surface area (TPSA) is 18.5 Å². The van der Waals surface area contributed by atoms with Gasteiger partial charge >= 0.3 is 0 Å². The highest BCUT2D eigenvalue weighted by molar-refractivity contribution is 6.70. The van der Waals surface area contributed by atoms with E-state index < -0.39 is 16.6 Å². The molecule has 102 valence electrons. The Kier molecular flexibility index (Phi) is 3.53. The molecule has 0 saturated carbocycles. The predicted octanol–water partition coefficient (Wildman–Crippen LogP) is 4.50. The summed E-state index contributed by atoms with van der Waals surface area (Å²) in [6.07, 6.45) is 6.85. The van der Waals surface area contributed by atoms with Gasteiger partial charge < -0.3 is 8.85 Å². The van der Waals surface area contributed by atoms with Gasteiger partial charge in [0.1, 0.15) is 0 Å². The summed E-state index contributed by atoms with van der Waals surface area (Å²) < 4.78 is 12.2. The molecule has 0 amide bonds. The van der Waals surface area contributed by atoms with Crippen LogP contribution < -0.4 is 0 Å². The Hall–Kier alpha value is -0.486. The van der Waals surface area contributed by atoms with Gasteiger partial charge in [-0.3, -0.25) is 0 Å². The van der Waals surface area contributed by atoms with Crippen molar-refractivity contribution >= 4 is 16.6 Å². The first-order valence-corrected chi connectivity index (χ1v) is 13.7. The number of rotatable bonds is 4. The summed E-state index contributed by atoms with van der Waals surface area (Å²) in [7, 11) is -2.88. The molecule has 4 heteroatoms. The first-order valence-electron chi connectivity index (χ1n) is 6.92. The average molecular weight is 283 g/mol. The van der Waals surface area contributed by atoms with Crippen molar-refractivity contribution < 1.29 is 8.85 Å². The summed E-state index contributed by atoms with van der Waals surface area (Å²) >= 11 is 0. The van der Waals surface area contributed by atoms with Crippen molar-refractivity contribution in [3.8, 4) is 0 Å². The summed E-state index contributed by atoms with van der Waals surface area (Å²) in [5, 5.41) is 0. The maximum Gasteiger partial charge on any atom is 0.241 e. The molecule has 0 bridgehead atoms. The van der Waals surface area contributed by atoms with E-state index in [1.807, 2.05) is 0 Å². The van der Waals surface area contributed by atoms with Crippen molar-refractivity contribution in [2.24, 2.45) is 11.8 Å². The van der Waals surface area contributed by atoms with Crippen LogP contribution in [0.1, 0.15) is 12.8 Å². The molecule has 2 rings (SSSR count). The Morgan fingerprint density at radius 2 is 1.11 bits per heavy atom. The van der Waals surface area contributed by atoms with Gasteiger partial charge in [0.05, 0.1) is 11.5 Å². The summed E-state index contributed by atoms with van der Waals surface area (Å²) in [4.78, 5) is 0. The van der Waals surface area contributed by atoms with E-state index in [9.17, 15) is 0 Å². The Balaban J connectivity index is 1.93. The summed E-state index contributed by atoms with van der Waals surface area (Å²) in [5.41, 5.74) is 0. The van der Waals surface area contributed by atoms with Crippen LogP contribution in [0.25, 0.3) is 0 Å². The highest BCUT2D eigenvalue weighted by Crippen LogP contribution is 2.43. The van der Waals surface area contributed by atoms with Gasteiger partial charge in [0, 0.05) is 12.8 Å². The van der Waals surface area contributed by atoms with Crippen LogP contribution >= 0.6 is 0 Å². The molecule has 0 N–H and O–H groups in total. The van der Waals surface area contributed by atoms with E-state index >= 15 is 0 Å². The van der Waals surface area contributed by atoms with Gasteiger partial charge in [0.25, 0.3) is 0 Å². The van der Waals surface area contributed by atoms with Crippen molar-refractivity contribution in [3.05, 3.63) is 23.7 Å². The van der Waals surface area contributed by atoms with Crippen LogP contribution in [-0.2, 0) is 8.85 Å². The number of hydrogen-bond acceptors (Lipinski definition) is 2.